The van der Waals surface area contributed by atoms with Crippen LogP contribution in [-0.4, -0.2) is 59.2 Å². The number of nitrogens with two attached hydrogens (primary N) is 1. The summed E-state index contributed by atoms with van der Waals surface area (Å²) in [5.41, 5.74) is 4.08. The molecule has 2 aromatic heterocycles. The fraction of sp³-hybridized carbons (Fsp3) is 0.318. The molecule has 0 aliphatic carbocycles. The van der Waals surface area contributed by atoms with E-state index in [9.17, 15) is 27.2 Å². The molecule has 0 bridgehead atoms. The van der Waals surface area contributed by atoms with Crippen LogP contribution >= 0.6 is 0 Å². The molecule has 1 fully saturated rings. The molecule has 0 unspecified atom stereocenters. The lowest BCUT2D eigenvalue weighted by Crippen LogP contribution is -2.46. The van der Waals surface area contributed by atoms with E-state index >= 15 is 0 Å². The topological polar surface area (TPSA) is 99.2 Å². The Labute approximate surface area is 190 Å². The molecule has 2 amide bonds. The molecular formula is C22H20F4N4O4. The molecule has 1 aliphatic rings. The molecule has 8 nitrogen and oxygen atoms in total. The van der Waals surface area contributed by atoms with Gasteiger partial charge in [0.1, 0.15) is 17.3 Å². The minimum absolute atomic E-state index is 0.0428. The number of aromatic nitrogens is 2. The van der Waals surface area contributed by atoms with Gasteiger partial charge in [0.2, 0.25) is 5.91 Å². The lowest BCUT2D eigenvalue weighted by Gasteiger charge is -2.32. The lowest BCUT2D eigenvalue weighted by atomic mass is 10.0. The van der Waals surface area contributed by atoms with Crippen molar-refractivity contribution in [2.75, 3.05) is 26.8 Å². The molecule has 12 heteroatoms. The first kappa shape index (κ1) is 23.5. The first-order chi connectivity index (χ1) is 16.2. The van der Waals surface area contributed by atoms with Crippen LogP contribution < -0.4 is 5.73 Å². The highest BCUT2D eigenvalue weighted by Gasteiger charge is 2.29. The zero-order chi connectivity index (χ0) is 24.6. The summed E-state index contributed by atoms with van der Waals surface area (Å²) in [5.74, 6) is -3.19. The van der Waals surface area contributed by atoms with Crippen LogP contribution in [0.3, 0.4) is 0 Å². The van der Waals surface area contributed by atoms with Gasteiger partial charge in [-0.25, -0.2) is 27.3 Å². The first-order valence-electron chi connectivity index (χ1n) is 10.2. The third kappa shape index (κ3) is 4.40. The Balaban J connectivity index is 1.83. The molecule has 180 valence electrons. The number of amides is 2. The number of nitrogens with zero attached hydrogens (tertiary/aromatic N) is 3. The summed E-state index contributed by atoms with van der Waals surface area (Å²) in [6.45, 7) is 0.649. The average molecular weight is 480 g/mol. The van der Waals surface area contributed by atoms with Gasteiger partial charge >= 0.3 is 6.09 Å². The van der Waals surface area contributed by atoms with Crippen molar-refractivity contribution in [1.82, 2.24) is 14.3 Å². The van der Waals surface area contributed by atoms with E-state index in [1.54, 1.807) is 0 Å². The number of pyridine rings is 1. The third-order valence-electron chi connectivity index (χ3n) is 5.56. The standard InChI is InChI=1S/C22H20F4N4O4/c1-33-22(32)29-4-5-34-13(10-29)9-16-19(18-14(23)6-12(21(27)31)7-15(18)24)28-17-8-11(20(25)26)2-3-30(16)17/h2-3,6-8,13,20H,4-5,9-10H2,1H3,(H2,27,31)/t13-/m0/s1. The number of alkyl halides is 2. The number of carbonyl (C=O) groups is 2. The van der Waals surface area contributed by atoms with Crippen molar-refractivity contribution in [3.63, 3.8) is 0 Å². The summed E-state index contributed by atoms with van der Waals surface area (Å²) >= 11 is 0. The van der Waals surface area contributed by atoms with Crippen molar-refractivity contribution in [2.45, 2.75) is 19.0 Å². The van der Waals surface area contributed by atoms with E-state index in [4.69, 9.17) is 15.2 Å². The number of hydrogen-bond donors (Lipinski definition) is 1. The summed E-state index contributed by atoms with van der Waals surface area (Å²) < 4.78 is 68.3. The highest BCUT2D eigenvalue weighted by Crippen LogP contribution is 2.33. The van der Waals surface area contributed by atoms with Crippen molar-refractivity contribution in [3.8, 4) is 11.3 Å². The number of carbonyl (C=O) groups excluding carboxylic acids is 2. The number of morpholine rings is 1. The van der Waals surface area contributed by atoms with E-state index in [0.717, 1.165) is 18.2 Å². The Hall–Kier alpha value is -3.67. The van der Waals surface area contributed by atoms with Gasteiger partial charge in [0.15, 0.2) is 0 Å². The average Bonchev–Trinajstić information content (AvgIpc) is 3.15. The van der Waals surface area contributed by atoms with Gasteiger partial charge in [-0.15, -0.1) is 0 Å². The number of methoxy groups -OCH3 is 1. The number of primary amides is 1. The van der Waals surface area contributed by atoms with Crippen LogP contribution in [0.1, 0.15) is 28.0 Å². The summed E-state index contributed by atoms with van der Waals surface area (Å²) in [5, 5.41) is 0. The molecule has 3 aromatic rings. The summed E-state index contributed by atoms with van der Waals surface area (Å²) in [6.07, 6.45) is -2.53. The number of imidazole rings is 1. The maximum Gasteiger partial charge on any atom is 0.409 e. The van der Waals surface area contributed by atoms with E-state index in [2.05, 4.69) is 4.98 Å². The number of rotatable bonds is 5. The quantitative estimate of drug-likeness (QED) is 0.565. The molecule has 34 heavy (non-hydrogen) atoms. The molecule has 4 rings (SSSR count). The largest absolute Gasteiger partial charge is 0.453 e. The van der Waals surface area contributed by atoms with E-state index < -0.39 is 41.7 Å². The van der Waals surface area contributed by atoms with Crippen LogP contribution in [0.2, 0.25) is 0 Å². The van der Waals surface area contributed by atoms with E-state index in [1.165, 1.54) is 28.7 Å². The molecule has 1 atom stereocenters. The number of ether oxygens (including phenoxy) is 2. The number of hydrogen-bond acceptors (Lipinski definition) is 5. The molecule has 1 aromatic carbocycles. The van der Waals surface area contributed by atoms with E-state index in [-0.39, 0.29) is 47.7 Å². The molecule has 0 radical (unpaired) electrons. The molecule has 0 saturated carbocycles. The predicted octanol–water partition coefficient (Wildman–Crippen LogP) is 3.33. The van der Waals surface area contributed by atoms with Gasteiger partial charge in [-0.3, -0.25) is 4.79 Å². The minimum atomic E-state index is -2.77. The van der Waals surface area contributed by atoms with Gasteiger partial charge < -0.3 is 24.5 Å². The van der Waals surface area contributed by atoms with Gasteiger partial charge in [0.05, 0.1) is 43.3 Å². The predicted molar refractivity (Wildman–Crippen MR) is 111 cm³/mol. The van der Waals surface area contributed by atoms with Crippen molar-refractivity contribution >= 4 is 17.6 Å². The van der Waals surface area contributed by atoms with Crippen molar-refractivity contribution in [1.29, 1.82) is 0 Å². The third-order valence-corrected chi connectivity index (χ3v) is 5.56. The van der Waals surface area contributed by atoms with Crippen LogP contribution in [0.5, 0.6) is 0 Å². The Morgan fingerprint density at radius 3 is 2.59 bits per heavy atom. The zero-order valence-corrected chi connectivity index (χ0v) is 17.9. The van der Waals surface area contributed by atoms with Gasteiger partial charge in [-0.2, -0.15) is 0 Å². The SMILES string of the molecule is COC(=O)N1CCO[C@@H](Cc2c(-c3c(F)cc(C(N)=O)cc3F)nc3cc(C(F)F)ccn23)C1. The fourth-order valence-corrected chi connectivity index (χ4v) is 3.94. The monoisotopic (exact) mass is 480 g/mol. The Morgan fingerprint density at radius 1 is 1.26 bits per heavy atom. The highest BCUT2D eigenvalue weighted by atomic mass is 19.3. The van der Waals surface area contributed by atoms with Crippen molar-refractivity contribution < 1.29 is 36.6 Å². The van der Waals surface area contributed by atoms with Gasteiger partial charge in [0, 0.05) is 30.3 Å². The summed E-state index contributed by atoms with van der Waals surface area (Å²) in [4.78, 5) is 28.9. The van der Waals surface area contributed by atoms with E-state index in [0.29, 0.717) is 6.54 Å². The summed E-state index contributed by atoms with van der Waals surface area (Å²) in [6, 6.07) is 3.87. The zero-order valence-electron chi connectivity index (χ0n) is 17.9. The Bertz CT molecular complexity index is 1240. The summed E-state index contributed by atoms with van der Waals surface area (Å²) in [7, 11) is 1.25. The van der Waals surface area contributed by atoms with Crippen LogP contribution in [0, 0.1) is 11.6 Å². The number of fused-ring (bicyclic) bond motifs is 1. The smallest absolute Gasteiger partial charge is 0.409 e. The van der Waals surface area contributed by atoms with Crippen LogP contribution in [0.15, 0.2) is 30.5 Å². The van der Waals surface area contributed by atoms with Crippen molar-refractivity contribution in [2.24, 2.45) is 5.73 Å². The van der Waals surface area contributed by atoms with Gasteiger partial charge in [-0.1, -0.05) is 0 Å². The maximum atomic E-state index is 14.9. The second kappa shape index (κ2) is 9.29. The van der Waals surface area contributed by atoms with Crippen LogP contribution in [0.4, 0.5) is 22.4 Å². The number of benzene rings is 1. The molecule has 3 heterocycles. The second-order valence-corrected chi connectivity index (χ2v) is 7.69. The molecule has 1 aliphatic heterocycles. The molecule has 1 saturated heterocycles. The van der Waals surface area contributed by atoms with Crippen LogP contribution in [-0.2, 0) is 15.9 Å². The Morgan fingerprint density at radius 2 is 1.97 bits per heavy atom. The van der Waals surface area contributed by atoms with Crippen LogP contribution in [0.25, 0.3) is 16.9 Å². The lowest BCUT2D eigenvalue weighted by molar-refractivity contribution is -0.0241. The minimum Gasteiger partial charge on any atom is -0.453 e. The number of halogens is 4. The first-order valence-corrected chi connectivity index (χ1v) is 10.2. The normalized spacial score (nSPS) is 16.3. The van der Waals surface area contributed by atoms with Gasteiger partial charge in [0.25, 0.3) is 6.43 Å². The fourth-order valence-electron chi connectivity index (χ4n) is 3.94. The molecule has 0 spiro atoms. The van der Waals surface area contributed by atoms with Crippen molar-refractivity contribution in [3.05, 3.63) is 58.9 Å². The molecular weight excluding hydrogens is 460 g/mol. The molecule has 2 N–H and O–H groups in total. The maximum absolute atomic E-state index is 14.9. The van der Waals surface area contributed by atoms with E-state index in [1.807, 2.05) is 0 Å². The van der Waals surface area contributed by atoms with Gasteiger partial charge in [-0.05, 0) is 24.3 Å². The Kier molecular flexibility index (Phi) is 6.42. The highest BCUT2D eigenvalue weighted by molar-refractivity contribution is 5.93. The second-order valence-electron chi connectivity index (χ2n) is 7.69.